The van der Waals surface area contributed by atoms with Crippen LogP contribution in [-0.4, -0.2) is 5.16 Å². The molecule has 0 saturated carbocycles. The van der Waals surface area contributed by atoms with Gasteiger partial charge in [0, 0.05) is 11.6 Å². The minimum Gasteiger partial charge on any atom is -0.359 e. The van der Waals surface area contributed by atoms with Gasteiger partial charge < -0.3 is 10.3 Å². The fourth-order valence-electron chi connectivity index (χ4n) is 1.46. The second-order valence-electron chi connectivity index (χ2n) is 3.61. The van der Waals surface area contributed by atoms with Gasteiger partial charge in [-0.25, -0.2) is 4.39 Å². The number of benzene rings is 1. The first-order valence-electron chi connectivity index (χ1n) is 5.19. The van der Waals surface area contributed by atoms with Gasteiger partial charge in [-0.3, -0.25) is 0 Å². The molecular formula is C12H13FN2O. The Balaban J connectivity index is 2.35. The van der Waals surface area contributed by atoms with E-state index in [1.54, 1.807) is 24.3 Å². The Morgan fingerprint density at radius 1 is 1.44 bits per heavy atom. The second-order valence-corrected chi connectivity index (χ2v) is 3.61. The monoisotopic (exact) mass is 220 g/mol. The van der Waals surface area contributed by atoms with Crippen LogP contribution in [0.4, 0.5) is 4.39 Å². The number of hydrogen-bond acceptors (Lipinski definition) is 3. The molecule has 2 N–H and O–H groups in total. The second kappa shape index (κ2) is 4.45. The van der Waals surface area contributed by atoms with E-state index in [0.29, 0.717) is 17.0 Å². The molecule has 0 aliphatic carbocycles. The highest BCUT2D eigenvalue weighted by Crippen LogP contribution is 2.24. The number of rotatable bonds is 3. The molecule has 2 rings (SSSR count). The average molecular weight is 220 g/mol. The van der Waals surface area contributed by atoms with Crippen molar-refractivity contribution >= 4 is 0 Å². The zero-order valence-corrected chi connectivity index (χ0v) is 8.98. The summed E-state index contributed by atoms with van der Waals surface area (Å²) in [5.74, 6) is 0.271. The number of aromatic nitrogens is 1. The summed E-state index contributed by atoms with van der Waals surface area (Å²) in [6.45, 7) is 1.95. The number of halogens is 1. The van der Waals surface area contributed by atoms with Gasteiger partial charge in [0.05, 0.1) is 6.04 Å². The van der Waals surface area contributed by atoms with Crippen molar-refractivity contribution in [3.63, 3.8) is 0 Å². The first kappa shape index (κ1) is 10.8. The van der Waals surface area contributed by atoms with Crippen LogP contribution in [-0.2, 0) is 0 Å². The molecule has 84 valence electrons. The maximum absolute atomic E-state index is 13.5. The third-order valence-corrected chi connectivity index (χ3v) is 2.48. The first-order chi connectivity index (χ1) is 7.72. The van der Waals surface area contributed by atoms with Crippen molar-refractivity contribution in [2.45, 2.75) is 19.4 Å². The van der Waals surface area contributed by atoms with Crippen molar-refractivity contribution in [3.05, 3.63) is 41.9 Å². The van der Waals surface area contributed by atoms with E-state index < -0.39 is 0 Å². The molecule has 0 saturated heterocycles. The smallest absolute Gasteiger partial charge is 0.154 e. The number of nitrogens with zero attached hydrogens (tertiary/aromatic N) is 1. The van der Waals surface area contributed by atoms with Crippen LogP contribution in [0.15, 0.2) is 34.9 Å². The van der Waals surface area contributed by atoms with Crippen LogP contribution in [0.2, 0.25) is 0 Å². The van der Waals surface area contributed by atoms with Crippen molar-refractivity contribution < 1.29 is 8.91 Å². The summed E-state index contributed by atoms with van der Waals surface area (Å²) >= 11 is 0. The minimum atomic E-state index is -0.313. The normalized spacial score (nSPS) is 12.7. The zero-order chi connectivity index (χ0) is 11.5. The van der Waals surface area contributed by atoms with E-state index >= 15 is 0 Å². The molecular weight excluding hydrogens is 207 g/mol. The third kappa shape index (κ3) is 1.97. The molecule has 1 unspecified atom stereocenters. The Morgan fingerprint density at radius 3 is 2.88 bits per heavy atom. The van der Waals surface area contributed by atoms with Crippen LogP contribution in [0.3, 0.4) is 0 Å². The van der Waals surface area contributed by atoms with Crippen LogP contribution < -0.4 is 5.73 Å². The molecule has 1 heterocycles. The fourth-order valence-corrected chi connectivity index (χ4v) is 1.46. The molecule has 16 heavy (non-hydrogen) atoms. The predicted molar refractivity (Wildman–Crippen MR) is 59.1 cm³/mol. The van der Waals surface area contributed by atoms with Gasteiger partial charge in [0.1, 0.15) is 11.5 Å². The van der Waals surface area contributed by atoms with Crippen molar-refractivity contribution in [2.75, 3.05) is 0 Å². The molecule has 1 atom stereocenters. The molecule has 1 aromatic heterocycles. The topological polar surface area (TPSA) is 52.0 Å². The van der Waals surface area contributed by atoms with Gasteiger partial charge in [-0.15, -0.1) is 0 Å². The standard InChI is InChI=1S/C12H13FN2O/c1-2-10(14)12-7-11(15-16-12)8-5-3-4-6-9(8)13/h3-7,10H,2,14H2,1H3. The lowest BCUT2D eigenvalue weighted by molar-refractivity contribution is 0.360. The van der Waals surface area contributed by atoms with Crippen LogP contribution in [0.5, 0.6) is 0 Å². The summed E-state index contributed by atoms with van der Waals surface area (Å²) in [6.07, 6.45) is 0.756. The van der Waals surface area contributed by atoms with E-state index in [1.807, 2.05) is 6.92 Å². The van der Waals surface area contributed by atoms with Crippen LogP contribution >= 0.6 is 0 Å². The van der Waals surface area contributed by atoms with Gasteiger partial charge in [-0.05, 0) is 18.6 Å². The molecule has 4 heteroatoms. The zero-order valence-electron chi connectivity index (χ0n) is 8.98. The Kier molecular flexibility index (Phi) is 3.01. The lowest BCUT2D eigenvalue weighted by atomic mass is 10.1. The van der Waals surface area contributed by atoms with Gasteiger partial charge in [0.15, 0.2) is 5.76 Å². The third-order valence-electron chi connectivity index (χ3n) is 2.48. The van der Waals surface area contributed by atoms with E-state index in [1.165, 1.54) is 6.07 Å². The highest BCUT2D eigenvalue weighted by molar-refractivity contribution is 5.59. The summed E-state index contributed by atoms with van der Waals surface area (Å²) in [7, 11) is 0. The Labute approximate surface area is 93.1 Å². The van der Waals surface area contributed by atoms with E-state index in [9.17, 15) is 4.39 Å². The van der Waals surface area contributed by atoms with Gasteiger partial charge in [-0.2, -0.15) is 0 Å². The van der Waals surface area contributed by atoms with E-state index in [0.717, 1.165) is 6.42 Å². The average Bonchev–Trinajstić information content (AvgIpc) is 2.78. The summed E-state index contributed by atoms with van der Waals surface area (Å²) < 4.78 is 18.5. The van der Waals surface area contributed by atoms with Gasteiger partial charge in [0.25, 0.3) is 0 Å². The number of hydrogen-bond donors (Lipinski definition) is 1. The highest BCUT2D eigenvalue weighted by Gasteiger charge is 2.13. The van der Waals surface area contributed by atoms with Crippen LogP contribution in [0, 0.1) is 5.82 Å². The first-order valence-corrected chi connectivity index (χ1v) is 5.19. The maximum atomic E-state index is 13.5. The largest absolute Gasteiger partial charge is 0.359 e. The minimum absolute atomic E-state index is 0.187. The highest BCUT2D eigenvalue weighted by atomic mass is 19.1. The summed E-state index contributed by atoms with van der Waals surface area (Å²) in [4.78, 5) is 0. The Bertz CT molecular complexity index is 481. The molecule has 2 aromatic rings. The van der Waals surface area contributed by atoms with Gasteiger partial charge >= 0.3 is 0 Å². The number of nitrogens with two attached hydrogens (primary N) is 1. The molecule has 0 bridgehead atoms. The molecule has 0 radical (unpaired) electrons. The van der Waals surface area contributed by atoms with Gasteiger partial charge in [-0.1, -0.05) is 24.2 Å². The quantitative estimate of drug-likeness (QED) is 0.865. The lowest BCUT2D eigenvalue weighted by Gasteiger charge is -2.00. The Morgan fingerprint density at radius 2 is 2.19 bits per heavy atom. The lowest BCUT2D eigenvalue weighted by Crippen LogP contribution is -2.06. The maximum Gasteiger partial charge on any atom is 0.154 e. The van der Waals surface area contributed by atoms with Gasteiger partial charge in [0.2, 0.25) is 0 Å². The summed E-state index contributed by atoms with van der Waals surface area (Å²) in [6, 6.07) is 7.95. The molecule has 1 aromatic carbocycles. The molecule has 0 spiro atoms. The molecule has 0 amide bonds. The molecule has 0 aliphatic rings. The molecule has 0 fully saturated rings. The SMILES string of the molecule is CCC(N)c1cc(-c2ccccc2F)no1. The predicted octanol–water partition coefficient (Wildman–Crippen LogP) is 2.89. The van der Waals surface area contributed by atoms with Crippen molar-refractivity contribution in [1.82, 2.24) is 5.16 Å². The summed E-state index contributed by atoms with van der Waals surface area (Å²) in [5.41, 5.74) is 6.71. The Hall–Kier alpha value is -1.68. The van der Waals surface area contributed by atoms with Crippen LogP contribution in [0.25, 0.3) is 11.3 Å². The molecule has 3 nitrogen and oxygen atoms in total. The summed E-state index contributed by atoms with van der Waals surface area (Å²) in [5, 5.41) is 3.82. The van der Waals surface area contributed by atoms with Crippen molar-refractivity contribution in [3.8, 4) is 11.3 Å². The van der Waals surface area contributed by atoms with E-state index in [2.05, 4.69) is 5.16 Å². The fraction of sp³-hybridized carbons (Fsp3) is 0.250. The van der Waals surface area contributed by atoms with Crippen molar-refractivity contribution in [1.29, 1.82) is 0 Å². The molecule has 0 aliphatic heterocycles. The van der Waals surface area contributed by atoms with Crippen molar-refractivity contribution in [2.24, 2.45) is 5.73 Å². The van der Waals surface area contributed by atoms with Crippen LogP contribution in [0.1, 0.15) is 25.1 Å². The van der Waals surface area contributed by atoms with E-state index in [4.69, 9.17) is 10.3 Å². The van der Waals surface area contributed by atoms with E-state index in [-0.39, 0.29) is 11.9 Å².